The van der Waals surface area contributed by atoms with E-state index < -0.39 is 0 Å². The highest BCUT2D eigenvalue weighted by atomic mass is 16.5. The zero-order chi connectivity index (χ0) is 14.8. The SMILES string of the molecule is CCCNCC1CCC(CN(CCOC)CC(C)C)O1. The number of nitrogens with zero attached hydrogens (tertiary/aromatic N) is 1. The van der Waals surface area contributed by atoms with Crippen LogP contribution < -0.4 is 5.32 Å². The summed E-state index contributed by atoms with van der Waals surface area (Å²) in [5, 5.41) is 3.46. The smallest absolute Gasteiger partial charge is 0.0707 e. The van der Waals surface area contributed by atoms with Crippen molar-refractivity contribution in [3.63, 3.8) is 0 Å². The maximum atomic E-state index is 6.16. The van der Waals surface area contributed by atoms with Crippen LogP contribution in [-0.2, 0) is 9.47 Å². The van der Waals surface area contributed by atoms with E-state index in [4.69, 9.17) is 9.47 Å². The third-order valence-corrected chi connectivity index (χ3v) is 3.69. The molecule has 0 bridgehead atoms. The first-order valence-electron chi connectivity index (χ1n) is 8.23. The fraction of sp³-hybridized carbons (Fsp3) is 1.00. The molecule has 1 aliphatic heterocycles. The summed E-state index contributed by atoms with van der Waals surface area (Å²) in [6.07, 6.45) is 4.39. The molecule has 0 spiro atoms. The van der Waals surface area contributed by atoms with Gasteiger partial charge in [-0.3, -0.25) is 4.90 Å². The molecule has 0 aromatic heterocycles. The first-order chi connectivity index (χ1) is 9.65. The van der Waals surface area contributed by atoms with Crippen molar-refractivity contribution in [3.8, 4) is 0 Å². The molecule has 4 nitrogen and oxygen atoms in total. The van der Waals surface area contributed by atoms with Crippen LogP contribution in [0, 0.1) is 5.92 Å². The molecule has 0 aliphatic carbocycles. The van der Waals surface area contributed by atoms with Crippen LogP contribution in [0.3, 0.4) is 0 Å². The molecular weight excluding hydrogens is 252 g/mol. The first-order valence-corrected chi connectivity index (χ1v) is 8.23. The third kappa shape index (κ3) is 7.58. The number of rotatable bonds is 11. The molecule has 0 amide bonds. The summed E-state index contributed by atoms with van der Waals surface area (Å²) in [7, 11) is 1.77. The van der Waals surface area contributed by atoms with Gasteiger partial charge in [-0.25, -0.2) is 0 Å². The van der Waals surface area contributed by atoms with Crippen LogP contribution in [-0.4, -0.2) is 63.5 Å². The van der Waals surface area contributed by atoms with Gasteiger partial charge in [0.15, 0.2) is 0 Å². The van der Waals surface area contributed by atoms with Gasteiger partial charge in [0.2, 0.25) is 0 Å². The Bertz CT molecular complexity index is 237. The Hall–Kier alpha value is -0.160. The molecule has 1 aliphatic rings. The molecule has 0 radical (unpaired) electrons. The molecule has 1 N–H and O–H groups in total. The minimum Gasteiger partial charge on any atom is -0.383 e. The molecule has 1 fully saturated rings. The van der Waals surface area contributed by atoms with Crippen molar-refractivity contribution in [2.75, 3.05) is 46.4 Å². The second kappa shape index (κ2) is 10.6. The minimum atomic E-state index is 0.402. The van der Waals surface area contributed by atoms with E-state index in [0.29, 0.717) is 18.1 Å². The van der Waals surface area contributed by atoms with Gasteiger partial charge in [-0.05, 0) is 31.7 Å². The van der Waals surface area contributed by atoms with Gasteiger partial charge in [0.1, 0.15) is 0 Å². The quantitative estimate of drug-likeness (QED) is 0.590. The highest BCUT2D eigenvalue weighted by Gasteiger charge is 2.26. The topological polar surface area (TPSA) is 33.7 Å². The van der Waals surface area contributed by atoms with E-state index in [1.54, 1.807) is 7.11 Å². The lowest BCUT2D eigenvalue weighted by atomic mass is 10.1. The van der Waals surface area contributed by atoms with E-state index in [9.17, 15) is 0 Å². The van der Waals surface area contributed by atoms with Gasteiger partial charge in [-0.15, -0.1) is 0 Å². The van der Waals surface area contributed by atoms with Gasteiger partial charge in [-0.1, -0.05) is 20.8 Å². The zero-order valence-electron chi connectivity index (χ0n) is 13.9. The fourth-order valence-electron chi connectivity index (χ4n) is 2.79. The lowest BCUT2D eigenvalue weighted by Gasteiger charge is -2.27. The van der Waals surface area contributed by atoms with E-state index in [0.717, 1.165) is 39.3 Å². The molecule has 2 atom stereocenters. The predicted molar refractivity (Wildman–Crippen MR) is 84.2 cm³/mol. The summed E-state index contributed by atoms with van der Waals surface area (Å²) < 4.78 is 11.4. The molecule has 4 heteroatoms. The van der Waals surface area contributed by atoms with Gasteiger partial charge in [0, 0.05) is 33.3 Å². The van der Waals surface area contributed by atoms with Gasteiger partial charge in [0.25, 0.3) is 0 Å². The van der Waals surface area contributed by atoms with Crippen molar-refractivity contribution in [1.82, 2.24) is 10.2 Å². The molecule has 1 heterocycles. The lowest BCUT2D eigenvalue weighted by Crippen LogP contribution is -2.38. The molecule has 1 rings (SSSR count). The molecule has 2 unspecified atom stereocenters. The number of ether oxygens (including phenoxy) is 2. The number of nitrogens with one attached hydrogen (secondary N) is 1. The zero-order valence-corrected chi connectivity index (χ0v) is 13.9. The van der Waals surface area contributed by atoms with Gasteiger partial charge >= 0.3 is 0 Å². The average molecular weight is 286 g/mol. The van der Waals surface area contributed by atoms with Crippen LogP contribution >= 0.6 is 0 Å². The van der Waals surface area contributed by atoms with Crippen LogP contribution in [0.15, 0.2) is 0 Å². The van der Waals surface area contributed by atoms with Crippen LogP contribution in [0.2, 0.25) is 0 Å². The van der Waals surface area contributed by atoms with Gasteiger partial charge in [0.05, 0.1) is 18.8 Å². The highest BCUT2D eigenvalue weighted by Crippen LogP contribution is 2.20. The van der Waals surface area contributed by atoms with Crippen LogP contribution in [0.4, 0.5) is 0 Å². The Morgan fingerprint density at radius 2 is 2.05 bits per heavy atom. The number of hydrogen-bond donors (Lipinski definition) is 1. The second-order valence-electron chi connectivity index (χ2n) is 6.31. The molecule has 20 heavy (non-hydrogen) atoms. The average Bonchev–Trinajstić information content (AvgIpc) is 2.83. The molecule has 120 valence electrons. The van der Waals surface area contributed by atoms with E-state index in [2.05, 4.69) is 31.0 Å². The Morgan fingerprint density at radius 1 is 1.30 bits per heavy atom. The summed E-state index contributed by atoms with van der Waals surface area (Å²) in [5.74, 6) is 0.690. The van der Waals surface area contributed by atoms with Crippen LogP contribution in [0.1, 0.15) is 40.0 Å². The summed E-state index contributed by atoms with van der Waals surface area (Å²) in [6, 6.07) is 0. The van der Waals surface area contributed by atoms with Crippen LogP contribution in [0.25, 0.3) is 0 Å². The molecule has 0 aromatic rings. The van der Waals surface area contributed by atoms with Gasteiger partial charge in [-0.2, -0.15) is 0 Å². The fourth-order valence-corrected chi connectivity index (χ4v) is 2.79. The standard InChI is InChI=1S/C16H34N2O2/c1-5-8-17-11-15-6-7-16(20-15)13-18(9-10-19-4)12-14(2)3/h14-17H,5-13H2,1-4H3. The Morgan fingerprint density at radius 3 is 2.70 bits per heavy atom. The summed E-state index contributed by atoms with van der Waals surface area (Å²) in [6.45, 7) is 12.8. The minimum absolute atomic E-state index is 0.402. The Balaban J connectivity index is 2.26. The van der Waals surface area contributed by atoms with Crippen molar-refractivity contribution in [1.29, 1.82) is 0 Å². The highest BCUT2D eigenvalue weighted by molar-refractivity contribution is 4.78. The Labute approximate surface area is 125 Å². The molecule has 0 saturated carbocycles. The third-order valence-electron chi connectivity index (χ3n) is 3.69. The predicted octanol–water partition coefficient (Wildman–Crippen LogP) is 2.14. The summed E-state index contributed by atoms with van der Waals surface area (Å²) in [4.78, 5) is 2.49. The summed E-state index contributed by atoms with van der Waals surface area (Å²) in [5.41, 5.74) is 0. The van der Waals surface area contributed by atoms with E-state index >= 15 is 0 Å². The van der Waals surface area contributed by atoms with Crippen LogP contribution in [0.5, 0.6) is 0 Å². The van der Waals surface area contributed by atoms with Crippen molar-refractivity contribution >= 4 is 0 Å². The molecular formula is C16H34N2O2. The van der Waals surface area contributed by atoms with E-state index in [-0.39, 0.29) is 0 Å². The second-order valence-corrected chi connectivity index (χ2v) is 6.31. The van der Waals surface area contributed by atoms with Crippen molar-refractivity contribution in [2.45, 2.75) is 52.2 Å². The van der Waals surface area contributed by atoms with Crippen molar-refractivity contribution in [3.05, 3.63) is 0 Å². The number of methoxy groups -OCH3 is 1. The van der Waals surface area contributed by atoms with Crippen molar-refractivity contribution < 1.29 is 9.47 Å². The van der Waals surface area contributed by atoms with Gasteiger partial charge < -0.3 is 14.8 Å². The van der Waals surface area contributed by atoms with E-state index in [1.807, 2.05) is 0 Å². The first kappa shape index (κ1) is 17.9. The maximum Gasteiger partial charge on any atom is 0.0707 e. The van der Waals surface area contributed by atoms with Crippen molar-refractivity contribution in [2.24, 2.45) is 5.92 Å². The maximum absolute atomic E-state index is 6.16. The molecule has 0 aromatic carbocycles. The monoisotopic (exact) mass is 286 g/mol. The molecule has 1 saturated heterocycles. The van der Waals surface area contributed by atoms with E-state index in [1.165, 1.54) is 19.3 Å². The Kier molecular flexibility index (Phi) is 9.44. The summed E-state index contributed by atoms with van der Waals surface area (Å²) >= 11 is 0. The number of hydrogen-bond acceptors (Lipinski definition) is 4. The normalized spacial score (nSPS) is 23.1. The largest absolute Gasteiger partial charge is 0.383 e. The lowest BCUT2D eigenvalue weighted by molar-refractivity contribution is 0.0165.